The first-order valence-corrected chi connectivity index (χ1v) is 9.41. The van der Waals surface area contributed by atoms with Gasteiger partial charge in [-0.05, 0) is 37.5 Å². The molecule has 1 amide bonds. The van der Waals surface area contributed by atoms with Crippen LogP contribution in [0.1, 0.15) is 25.3 Å². The number of piperidine rings is 1. The van der Waals surface area contributed by atoms with Crippen LogP contribution in [0, 0.1) is 5.92 Å². The lowest BCUT2D eigenvalue weighted by atomic mass is 9.99. The largest absolute Gasteiger partial charge is 0.356 e. The van der Waals surface area contributed by atoms with Crippen molar-refractivity contribution in [1.29, 1.82) is 0 Å². The van der Waals surface area contributed by atoms with E-state index in [-0.39, 0.29) is 24.1 Å². The van der Waals surface area contributed by atoms with E-state index in [1.807, 2.05) is 6.92 Å². The summed E-state index contributed by atoms with van der Waals surface area (Å²) in [5.41, 5.74) is 0.699. The van der Waals surface area contributed by atoms with Crippen LogP contribution in [0.5, 0.6) is 0 Å². The molecule has 1 atom stereocenters. The Kier molecular flexibility index (Phi) is 5.83. The second-order valence-electron chi connectivity index (χ2n) is 5.47. The number of nitrogens with one attached hydrogen (secondary N) is 1. The summed E-state index contributed by atoms with van der Waals surface area (Å²) in [6.07, 6.45) is 1.44. The fourth-order valence-electron chi connectivity index (χ4n) is 2.61. The molecule has 2 rings (SSSR count). The lowest BCUT2D eigenvalue weighted by Gasteiger charge is -2.31. The number of rotatable bonds is 5. The van der Waals surface area contributed by atoms with Gasteiger partial charge in [0.05, 0.1) is 11.7 Å². The standard InChI is InChI=1S/C15H21ClN2O3S/c1-2-17-15(19)13-4-3-9-18(10-13)22(20,21)11-12-5-7-14(16)8-6-12/h5-8,13H,2-4,9-11H2,1H3,(H,17,19). The molecule has 1 saturated heterocycles. The zero-order valence-corrected chi connectivity index (χ0v) is 14.2. The number of carbonyl (C=O) groups is 1. The molecule has 0 bridgehead atoms. The summed E-state index contributed by atoms with van der Waals surface area (Å²) < 4.78 is 26.5. The van der Waals surface area contributed by atoms with Crippen molar-refractivity contribution in [2.75, 3.05) is 19.6 Å². The summed E-state index contributed by atoms with van der Waals surface area (Å²) >= 11 is 5.81. The normalized spacial score (nSPS) is 19.8. The van der Waals surface area contributed by atoms with Crippen LogP contribution in [0.25, 0.3) is 0 Å². The zero-order valence-electron chi connectivity index (χ0n) is 12.6. The Morgan fingerprint density at radius 1 is 1.36 bits per heavy atom. The van der Waals surface area contributed by atoms with Gasteiger partial charge < -0.3 is 5.32 Å². The minimum atomic E-state index is -3.42. The van der Waals surface area contributed by atoms with Gasteiger partial charge in [0.25, 0.3) is 0 Å². The molecule has 7 heteroatoms. The minimum absolute atomic E-state index is 0.0612. The van der Waals surface area contributed by atoms with Gasteiger partial charge in [0, 0.05) is 24.7 Å². The topological polar surface area (TPSA) is 66.5 Å². The smallest absolute Gasteiger partial charge is 0.224 e. The van der Waals surface area contributed by atoms with Crippen LogP contribution in [0.15, 0.2) is 24.3 Å². The second kappa shape index (κ2) is 7.44. The Morgan fingerprint density at radius 3 is 2.68 bits per heavy atom. The molecule has 1 unspecified atom stereocenters. The fourth-order valence-corrected chi connectivity index (χ4v) is 4.35. The van der Waals surface area contributed by atoms with Gasteiger partial charge in [-0.3, -0.25) is 4.79 Å². The van der Waals surface area contributed by atoms with Crippen LogP contribution in [-0.4, -0.2) is 38.3 Å². The van der Waals surface area contributed by atoms with Gasteiger partial charge >= 0.3 is 0 Å². The number of sulfonamides is 1. The first kappa shape index (κ1) is 17.2. The predicted molar refractivity (Wildman–Crippen MR) is 87.1 cm³/mol. The van der Waals surface area contributed by atoms with Crippen molar-refractivity contribution in [2.24, 2.45) is 5.92 Å². The molecule has 1 aliphatic rings. The molecule has 1 aromatic rings. The quantitative estimate of drug-likeness (QED) is 0.888. The third-order valence-corrected chi connectivity index (χ3v) is 5.83. The molecule has 1 heterocycles. The number of nitrogens with zero attached hydrogens (tertiary/aromatic N) is 1. The van der Waals surface area contributed by atoms with Crippen LogP contribution < -0.4 is 5.32 Å². The summed E-state index contributed by atoms with van der Waals surface area (Å²) in [5.74, 6) is -0.380. The van der Waals surface area contributed by atoms with E-state index >= 15 is 0 Å². The third kappa shape index (κ3) is 4.44. The lowest BCUT2D eigenvalue weighted by Crippen LogP contribution is -2.45. The fraction of sp³-hybridized carbons (Fsp3) is 0.533. The Labute approximate surface area is 136 Å². The highest BCUT2D eigenvalue weighted by molar-refractivity contribution is 7.88. The van der Waals surface area contributed by atoms with E-state index in [4.69, 9.17) is 11.6 Å². The number of halogens is 1. The van der Waals surface area contributed by atoms with Gasteiger partial charge in [-0.1, -0.05) is 23.7 Å². The maximum Gasteiger partial charge on any atom is 0.224 e. The average Bonchev–Trinajstić information content (AvgIpc) is 2.50. The van der Waals surface area contributed by atoms with Crippen molar-refractivity contribution >= 4 is 27.5 Å². The van der Waals surface area contributed by atoms with Crippen LogP contribution >= 0.6 is 11.6 Å². The van der Waals surface area contributed by atoms with Gasteiger partial charge in [0.15, 0.2) is 0 Å². The highest BCUT2D eigenvalue weighted by Gasteiger charge is 2.32. The number of amides is 1. The molecule has 1 fully saturated rings. The zero-order chi connectivity index (χ0) is 16.2. The molecular weight excluding hydrogens is 324 g/mol. The summed E-state index contributed by atoms with van der Waals surface area (Å²) in [7, 11) is -3.42. The van der Waals surface area contributed by atoms with Crippen molar-refractivity contribution in [1.82, 2.24) is 9.62 Å². The third-order valence-electron chi connectivity index (χ3n) is 3.76. The first-order valence-electron chi connectivity index (χ1n) is 7.42. The predicted octanol–water partition coefficient (Wildman–Crippen LogP) is 2.02. The Hall–Kier alpha value is -1.11. The molecule has 0 spiro atoms. The number of carbonyl (C=O) groups excluding carboxylic acids is 1. The van der Waals surface area contributed by atoms with Crippen molar-refractivity contribution in [3.63, 3.8) is 0 Å². The number of hydrogen-bond acceptors (Lipinski definition) is 3. The van der Waals surface area contributed by atoms with Crippen molar-refractivity contribution < 1.29 is 13.2 Å². The molecule has 1 aliphatic heterocycles. The van der Waals surface area contributed by atoms with Gasteiger partial charge in [0.2, 0.25) is 15.9 Å². The molecule has 0 saturated carbocycles. The molecule has 0 aromatic heterocycles. The van der Waals surface area contributed by atoms with E-state index in [9.17, 15) is 13.2 Å². The van der Waals surface area contributed by atoms with Gasteiger partial charge in [-0.15, -0.1) is 0 Å². The second-order valence-corrected chi connectivity index (χ2v) is 7.88. The van der Waals surface area contributed by atoms with E-state index in [1.165, 1.54) is 4.31 Å². The SMILES string of the molecule is CCNC(=O)C1CCCN(S(=O)(=O)Cc2ccc(Cl)cc2)C1. The minimum Gasteiger partial charge on any atom is -0.356 e. The number of hydrogen-bond donors (Lipinski definition) is 1. The van der Waals surface area contributed by atoms with E-state index in [2.05, 4.69) is 5.32 Å². The molecular formula is C15H21ClN2O3S. The molecule has 1 aromatic carbocycles. The van der Waals surface area contributed by atoms with Crippen molar-refractivity contribution in [3.05, 3.63) is 34.9 Å². The number of benzene rings is 1. The maximum absolute atomic E-state index is 12.5. The van der Waals surface area contributed by atoms with Crippen LogP contribution in [-0.2, 0) is 20.6 Å². The highest BCUT2D eigenvalue weighted by atomic mass is 35.5. The van der Waals surface area contributed by atoms with E-state index in [1.54, 1.807) is 24.3 Å². The molecule has 0 aliphatic carbocycles. The van der Waals surface area contributed by atoms with Crippen molar-refractivity contribution in [2.45, 2.75) is 25.5 Å². The highest BCUT2D eigenvalue weighted by Crippen LogP contribution is 2.22. The first-order chi connectivity index (χ1) is 10.4. The lowest BCUT2D eigenvalue weighted by molar-refractivity contribution is -0.125. The van der Waals surface area contributed by atoms with Crippen molar-refractivity contribution in [3.8, 4) is 0 Å². The Bertz CT molecular complexity index is 616. The van der Waals surface area contributed by atoms with Gasteiger partial charge in [-0.25, -0.2) is 12.7 Å². The summed E-state index contributed by atoms with van der Waals surface area (Å²) in [6, 6.07) is 6.79. The molecule has 0 radical (unpaired) electrons. The Balaban J connectivity index is 2.05. The molecule has 5 nitrogen and oxygen atoms in total. The van der Waals surface area contributed by atoms with Crippen LogP contribution in [0.3, 0.4) is 0 Å². The average molecular weight is 345 g/mol. The monoisotopic (exact) mass is 344 g/mol. The van der Waals surface area contributed by atoms with E-state index < -0.39 is 10.0 Å². The maximum atomic E-state index is 12.5. The summed E-state index contributed by atoms with van der Waals surface area (Å²) in [4.78, 5) is 11.9. The van der Waals surface area contributed by atoms with E-state index in [0.29, 0.717) is 30.1 Å². The van der Waals surface area contributed by atoms with Gasteiger partial charge in [-0.2, -0.15) is 0 Å². The van der Waals surface area contributed by atoms with E-state index in [0.717, 1.165) is 6.42 Å². The summed E-state index contributed by atoms with van der Waals surface area (Å²) in [6.45, 7) is 3.16. The van der Waals surface area contributed by atoms with Crippen LogP contribution in [0.4, 0.5) is 0 Å². The molecule has 122 valence electrons. The van der Waals surface area contributed by atoms with Gasteiger partial charge in [0.1, 0.15) is 0 Å². The summed E-state index contributed by atoms with van der Waals surface area (Å²) in [5, 5.41) is 3.35. The Morgan fingerprint density at radius 2 is 2.05 bits per heavy atom. The molecule has 1 N–H and O–H groups in total. The van der Waals surface area contributed by atoms with Crippen LogP contribution in [0.2, 0.25) is 5.02 Å². The molecule has 22 heavy (non-hydrogen) atoms.